The number of carboxylic acid groups (broad SMARTS) is 2. The second kappa shape index (κ2) is 12.9. The van der Waals surface area contributed by atoms with Gasteiger partial charge in [-0.05, 0) is 17.7 Å². The third kappa shape index (κ3) is 6.56. The first kappa shape index (κ1) is 31.3. The number of thiazole rings is 1. The Hall–Kier alpha value is -5.08. The molecule has 1 aromatic carbocycles. The molecule has 17 nitrogen and oxygen atoms in total. The lowest BCUT2D eigenvalue weighted by Gasteiger charge is -2.49. The molecule has 3 aromatic rings. The number of aromatic hydroxyl groups is 2. The predicted molar refractivity (Wildman–Crippen MR) is 161 cm³/mol. The number of fused-ring (bicyclic) bond motifs is 1. The Balaban J connectivity index is 1.35. The summed E-state index contributed by atoms with van der Waals surface area (Å²) in [4.78, 5) is 68.9. The normalized spacial score (nSPS) is 18.5. The number of rotatable bonds is 11. The number of anilines is 2. The lowest BCUT2D eigenvalue weighted by atomic mass is 10.0. The molecule has 2 amide bonds. The number of nitrogens with two attached hydrogens (primary N) is 2. The van der Waals surface area contributed by atoms with Crippen LogP contribution in [0.2, 0.25) is 0 Å². The fourth-order valence-electron chi connectivity index (χ4n) is 4.26. The summed E-state index contributed by atoms with van der Waals surface area (Å²) in [5.74, 6) is -4.91. The van der Waals surface area contributed by atoms with Crippen molar-refractivity contribution in [2.24, 2.45) is 5.16 Å². The Morgan fingerprint density at radius 3 is 2.60 bits per heavy atom. The number of phenols is 2. The molecular weight excluding hydrogens is 653 g/mol. The van der Waals surface area contributed by atoms with Crippen LogP contribution in [0.4, 0.5) is 10.9 Å². The molecule has 2 unspecified atom stereocenters. The fourth-order valence-corrected chi connectivity index (χ4v) is 7.17. The van der Waals surface area contributed by atoms with E-state index < -0.39 is 58.5 Å². The van der Waals surface area contributed by atoms with Crippen LogP contribution in [-0.4, -0.2) is 92.7 Å². The largest absolute Gasteiger partial charge is 0.504 e. The van der Waals surface area contributed by atoms with E-state index in [9.17, 15) is 39.6 Å². The molecule has 45 heavy (non-hydrogen) atoms. The molecule has 0 radical (unpaired) electrons. The van der Waals surface area contributed by atoms with Gasteiger partial charge in [0, 0.05) is 28.5 Å². The van der Waals surface area contributed by atoms with Gasteiger partial charge in [-0.3, -0.25) is 14.5 Å². The number of hydrogen-bond acceptors (Lipinski definition) is 16. The number of nitrogen functional groups attached to an aromatic ring is 2. The number of thioether (sulfide) groups is 2. The third-order valence-corrected chi connectivity index (χ3v) is 9.37. The van der Waals surface area contributed by atoms with Crippen LogP contribution in [0.25, 0.3) is 0 Å². The molecule has 2 aliphatic heterocycles. The van der Waals surface area contributed by atoms with Crippen molar-refractivity contribution in [3.05, 3.63) is 58.5 Å². The van der Waals surface area contributed by atoms with E-state index in [4.69, 9.17) is 16.3 Å². The average molecular weight is 675 g/mol. The van der Waals surface area contributed by atoms with Gasteiger partial charge in [0.25, 0.3) is 11.8 Å². The van der Waals surface area contributed by atoms with Gasteiger partial charge in [-0.1, -0.05) is 11.2 Å². The quantitative estimate of drug-likeness (QED) is 0.0366. The smallest absolute Gasteiger partial charge is 0.352 e. The van der Waals surface area contributed by atoms with Crippen molar-refractivity contribution in [1.82, 2.24) is 25.2 Å². The predicted octanol–water partition coefficient (Wildman–Crippen LogP) is 0.586. The summed E-state index contributed by atoms with van der Waals surface area (Å²) in [6.07, 6.45) is -0.534. The van der Waals surface area contributed by atoms with E-state index in [0.717, 1.165) is 28.4 Å². The van der Waals surface area contributed by atoms with Crippen LogP contribution in [-0.2, 0) is 24.0 Å². The van der Waals surface area contributed by atoms with Crippen LogP contribution in [0.3, 0.4) is 0 Å². The molecule has 0 spiro atoms. The highest BCUT2D eigenvalue weighted by Crippen LogP contribution is 2.41. The van der Waals surface area contributed by atoms with Crippen LogP contribution in [0.5, 0.6) is 11.5 Å². The number of aliphatic carboxylic acids is 2. The third-order valence-electron chi connectivity index (χ3n) is 6.35. The first-order valence-electron chi connectivity index (χ1n) is 12.6. The highest BCUT2D eigenvalue weighted by molar-refractivity contribution is 8.01. The molecular formula is C25H22N8O9S3. The summed E-state index contributed by atoms with van der Waals surface area (Å²) in [6, 6.07) is 3.56. The number of carbonyl (C=O) groups is 4. The van der Waals surface area contributed by atoms with E-state index in [2.05, 4.69) is 25.4 Å². The van der Waals surface area contributed by atoms with Crippen molar-refractivity contribution in [1.29, 1.82) is 0 Å². The van der Waals surface area contributed by atoms with Crippen LogP contribution in [0.1, 0.15) is 17.4 Å². The maximum Gasteiger partial charge on any atom is 0.352 e. The van der Waals surface area contributed by atoms with E-state index in [0.29, 0.717) is 10.6 Å². The van der Waals surface area contributed by atoms with Gasteiger partial charge in [0.15, 0.2) is 22.3 Å². The molecule has 9 N–H and O–H groups in total. The number of hydrogen-bond donors (Lipinski definition) is 7. The monoisotopic (exact) mass is 674 g/mol. The first-order valence-corrected chi connectivity index (χ1v) is 15.5. The lowest BCUT2D eigenvalue weighted by molar-refractivity contribution is -0.151. The van der Waals surface area contributed by atoms with E-state index in [1.807, 2.05) is 0 Å². The minimum atomic E-state index is -1.82. The van der Waals surface area contributed by atoms with Gasteiger partial charge in [-0.15, -0.1) is 34.9 Å². The number of aromatic nitrogens is 3. The number of amides is 2. The van der Waals surface area contributed by atoms with Gasteiger partial charge >= 0.3 is 11.9 Å². The standard InChI is InChI=1S/C25H22N8O9S3/c26-14-4-15(29-8-28-14)43-5-10-6-44-22-17(21(37)33(22)18(10)23(38)39)31-20(36)16(11-7-45-25(27)30-11)32-42-19(24(40)41)9-1-2-12(34)13(35)3-9/h1-4,7-8,17,19,22,34-35H,5-6H2,(H2,27,30)(H,31,36)(H,38,39)(H,40,41)(H2,26,28,29)/b32-16-/t17?,19?,22-/m0/s1. The van der Waals surface area contributed by atoms with Gasteiger partial charge in [-0.25, -0.2) is 24.5 Å². The van der Waals surface area contributed by atoms with Crippen molar-refractivity contribution in [3.63, 3.8) is 0 Å². The van der Waals surface area contributed by atoms with E-state index in [-0.39, 0.29) is 39.4 Å². The van der Waals surface area contributed by atoms with E-state index in [1.165, 1.54) is 47.4 Å². The van der Waals surface area contributed by atoms with Gasteiger partial charge < -0.3 is 42.0 Å². The molecule has 2 aromatic heterocycles. The van der Waals surface area contributed by atoms with Crippen molar-refractivity contribution in [2.45, 2.75) is 22.5 Å². The number of benzene rings is 1. The summed E-state index contributed by atoms with van der Waals surface area (Å²) in [7, 11) is 0. The summed E-state index contributed by atoms with van der Waals surface area (Å²) < 4.78 is 0. The zero-order valence-electron chi connectivity index (χ0n) is 22.6. The Labute approximate surface area is 265 Å². The second-order valence-electron chi connectivity index (χ2n) is 9.27. The van der Waals surface area contributed by atoms with E-state index >= 15 is 0 Å². The molecule has 2 aliphatic rings. The zero-order valence-corrected chi connectivity index (χ0v) is 25.0. The Kier molecular flexibility index (Phi) is 8.97. The number of β-lactam (4-membered cyclic amide) rings is 1. The SMILES string of the molecule is Nc1cc(SCC2=C(C(=O)O)N3C(=O)C(NC(=O)/C(=N\OC(C(=O)O)c4ccc(O)c(O)c4)c4csc(N)n4)[C@@H]3SC2)ncn1. The van der Waals surface area contributed by atoms with Crippen LogP contribution >= 0.6 is 34.9 Å². The number of nitrogens with zero attached hydrogens (tertiary/aromatic N) is 5. The minimum Gasteiger partial charge on any atom is -0.504 e. The summed E-state index contributed by atoms with van der Waals surface area (Å²) in [5.41, 5.74) is 11.0. The Bertz CT molecular complexity index is 1760. The molecule has 20 heteroatoms. The minimum absolute atomic E-state index is 0.0590. The van der Waals surface area contributed by atoms with Crippen molar-refractivity contribution in [2.75, 3.05) is 23.0 Å². The Morgan fingerprint density at radius 1 is 1.18 bits per heavy atom. The number of carbonyl (C=O) groups excluding carboxylic acids is 2. The molecule has 0 bridgehead atoms. The van der Waals surface area contributed by atoms with Gasteiger partial charge in [-0.2, -0.15) is 0 Å². The summed E-state index contributed by atoms with van der Waals surface area (Å²) in [5, 5.41) is 46.4. The van der Waals surface area contributed by atoms with Crippen molar-refractivity contribution in [3.8, 4) is 11.5 Å². The molecule has 4 heterocycles. The molecule has 0 saturated carbocycles. The van der Waals surface area contributed by atoms with Crippen LogP contribution in [0.15, 0.2) is 57.4 Å². The average Bonchev–Trinajstić information content (AvgIpc) is 3.43. The fraction of sp³-hybridized carbons (Fsp3) is 0.200. The summed E-state index contributed by atoms with van der Waals surface area (Å²) >= 11 is 3.43. The number of oxime groups is 1. The second-order valence-corrected chi connectivity index (χ2v) is 12.3. The van der Waals surface area contributed by atoms with Crippen LogP contribution < -0.4 is 16.8 Å². The topological polar surface area (TPSA) is 277 Å². The van der Waals surface area contributed by atoms with Crippen molar-refractivity contribution >= 4 is 75.3 Å². The highest BCUT2D eigenvalue weighted by atomic mass is 32.2. The lowest BCUT2D eigenvalue weighted by Crippen LogP contribution is -2.71. The van der Waals surface area contributed by atoms with Gasteiger partial charge in [0.1, 0.15) is 40.0 Å². The number of carboxylic acids is 2. The molecule has 1 fully saturated rings. The molecule has 1 saturated heterocycles. The number of phenolic OH excluding ortho intramolecular Hbond substituents is 2. The summed E-state index contributed by atoms with van der Waals surface area (Å²) in [6.45, 7) is 0. The maximum atomic E-state index is 13.4. The number of nitrogens with one attached hydrogen (secondary N) is 1. The van der Waals surface area contributed by atoms with Crippen LogP contribution in [0, 0.1) is 0 Å². The zero-order chi connectivity index (χ0) is 32.4. The van der Waals surface area contributed by atoms with Crippen molar-refractivity contribution < 1.29 is 44.4 Å². The van der Waals surface area contributed by atoms with Gasteiger partial charge in [0.05, 0.1) is 0 Å². The molecule has 0 aliphatic carbocycles. The maximum absolute atomic E-state index is 13.4. The van der Waals surface area contributed by atoms with E-state index in [1.54, 1.807) is 0 Å². The first-order chi connectivity index (χ1) is 21.4. The molecule has 234 valence electrons. The highest BCUT2D eigenvalue weighted by Gasteiger charge is 2.54. The van der Waals surface area contributed by atoms with Gasteiger partial charge in [0.2, 0.25) is 6.10 Å². The Morgan fingerprint density at radius 2 is 1.96 bits per heavy atom. The molecule has 3 atom stereocenters. The molecule has 5 rings (SSSR count).